The van der Waals surface area contributed by atoms with Crippen LogP contribution in [-0.2, 0) is 6.18 Å². The van der Waals surface area contributed by atoms with Crippen molar-refractivity contribution in [1.82, 2.24) is 9.97 Å². The van der Waals surface area contributed by atoms with Crippen molar-refractivity contribution < 1.29 is 18.0 Å². The number of anilines is 3. The van der Waals surface area contributed by atoms with Crippen molar-refractivity contribution in [3.63, 3.8) is 0 Å². The van der Waals surface area contributed by atoms with Crippen LogP contribution in [0.3, 0.4) is 0 Å². The minimum Gasteiger partial charge on any atom is -0.366 e. The number of amides is 2. The smallest absolute Gasteiger partial charge is 0.366 e. The molecular weight excluding hydrogens is 419 g/mol. The number of urea groups is 1. The topological polar surface area (TPSA) is 61.4 Å². The van der Waals surface area contributed by atoms with Crippen LogP contribution in [0.2, 0.25) is 0 Å². The fourth-order valence-corrected chi connectivity index (χ4v) is 4.41. The average molecular weight is 439 g/mol. The molecule has 1 unspecified atom stereocenters. The summed E-state index contributed by atoms with van der Waals surface area (Å²) >= 11 is 0. The van der Waals surface area contributed by atoms with Gasteiger partial charge in [0.2, 0.25) is 0 Å². The van der Waals surface area contributed by atoms with Gasteiger partial charge < -0.3 is 4.90 Å². The Hall–Kier alpha value is -3.62. The van der Waals surface area contributed by atoms with E-state index in [1.165, 1.54) is 6.07 Å². The van der Waals surface area contributed by atoms with Crippen LogP contribution in [0, 0.1) is 6.92 Å². The van der Waals surface area contributed by atoms with E-state index < -0.39 is 11.7 Å². The molecule has 4 heterocycles. The Morgan fingerprint density at radius 3 is 2.75 bits per heavy atom. The minimum atomic E-state index is -4.45. The summed E-state index contributed by atoms with van der Waals surface area (Å²) in [6.45, 7) is 3.37. The fourth-order valence-electron chi connectivity index (χ4n) is 4.41. The molecule has 0 saturated carbocycles. The van der Waals surface area contributed by atoms with Crippen LogP contribution < -0.4 is 15.1 Å². The van der Waals surface area contributed by atoms with Crippen molar-refractivity contribution in [1.29, 1.82) is 0 Å². The summed E-state index contributed by atoms with van der Waals surface area (Å²) in [5, 5.41) is 2.81. The molecule has 6 nitrogen and oxygen atoms in total. The Morgan fingerprint density at radius 2 is 2.00 bits per heavy atom. The lowest BCUT2D eigenvalue weighted by molar-refractivity contribution is -0.137. The number of pyridine rings is 2. The number of hydrogen-bond acceptors (Lipinski definition) is 4. The van der Waals surface area contributed by atoms with Crippen molar-refractivity contribution in [2.24, 2.45) is 0 Å². The molecule has 164 valence electrons. The summed E-state index contributed by atoms with van der Waals surface area (Å²) < 4.78 is 39.7. The molecule has 1 atom stereocenters. The van der Waals surface area contributed by atoms with Crippen LogP contribution in [0.1, 0.15) is 17.5 Å². The number of rotatable bonds is 2. The van der Waals surface area contributed by atoms with Crippen LogP contribution in [0.4, 0.5) is 35.3 Å². The molecule has 5 rings (SSSR count). The van der Waals surface area contributed by atoms with Crippen LogP contribution >= 0.6 is 0 Å². The number of aryl methyl sites for hydroxylation is 1. The maximum atomic E-state index is 13.2. The van der Waals surface area contributed by atoms with Crippen LogP contribution in [0.25, 0.3) is 11.3 Å². The highest BCUT2D eigenvalue weighted by molar-refractivity contribution is 6.04. The van der Waals surface area contributed by atoms with Gasteiger partial charge in [-0.25, -0.2) is 14.8 Å². The number of alkyl halides is 3. The minimum absolute atomic E-state index is 0.0742. The summed E-state index contributed by atoms with van der Waals surface area (Å²) in [5.74, 6) is 0.879. The maximum absolute atomic E-state index is 13.2. The van der Waals surface area contributed by atoms with E-state index in [9.17, 15) is 18.0 Å². The Morgan fingerprint density at radius 1 is 1.16 bits per heavy atom. The van der Waals surface area contributed by atoms with Crippen molar-refractivity contribution in [3.05, 3.63) is 65.9 Å². The molecule has 9 heteroatoms. The summed E-state index contributed by atoms with van der Waals surface area (Å²) in [7, 11) is 0. The molecule has 1 N–H and O–H groups in total. The van der Waals surface area contributed by atoms with Crippen molar-refractivity contribution in [2.45, 2.75) is 25.6 Å². The van der Waals surface area contributed by atoms with E-state index in [4.69, 9.17) is 0 Å². The third-order valence-electron chi connectivity index (χ3n) is 5.84. The van der Waals surface area contributed by atoms with E-state index in [0.717, 1.165) is 36.3 Å². The third kappa shape index (κ3) is 3.53. The van der Waals surface area contributed by atoms with E-state index in [2.05, 4.69) is 20.2 Å². The van der Waals surface area contributed by atoms with E-state index in [1.807, 2.05) is 6.92 Å². The molecule has 2 aliphatic rings. The number of benzene rings is 1. The Balaban J connectivity index is 1.58. The fraction of sp³-hybridized carbons (Fsp3) is 0.261. The molecule has 1 saturated heterocycles. The van der Waals surface area contributed by atoms with Gasteiger partial charge in [0, 0.05) is 24.8 Å². The van der Waals surface area contributed by atoms with E-state index >= 15 is 0 Å². The van der Waals surface area contributed by atoms with Gasteiger partial charge in [-0.1, -0.05) is 18.2 Å². The first-order chi connectivity index (χ1) is 15.3. The number of fused-ring (bicyclic) bond motifs is 4. The molecule has 2 aliphatic heterocycles. The van der Waals surface area contributed by atoms with Crippen molar-refractivity contribution in [2.75, 3.05) is 28.2 Å². The lowest BCUT2D eigenvalue weighted by Crippen LogP contribution is -2.48. The van der Waals surface area contributed by atoms with Gasteiger partial charge in [0.15, 0.2) is 5.82 Å². The Labute approximate surface area is 182 Å². The van der Waals surface area contributed by atoms with Crippen LogP contribution in [0.15, 0.2) is 54.7 Å². The molecule has 0 radical (unpaired) electrons. The maximum Gasteiger partial charge on any atom is 0.416 e. The van der Waals surface area contributed by atoms with Gasteiger partial charge in [-0.15, -0.1) is 0 Å². The van der Waals surface area contributed by atoms with Crippen LogP contribution in [-0.4, -0.2) is 35.1 Å². The highest BCUT2D eigenvalue weighted by Crippen LogP contribution is 2.43. The number of halogens is 3. The van der Waals surface area contributed by atoms with Gasteiger partial charge in [-0.2, -0.15) is 13.2 Å². The molecule has 2 bridgehead atoms. The second-order valence-corrected chi connectivity index (χ2v) is 7.98. The first-order valence-corrected chi connectivity index (χ1v) is 10.3. The summed E-state index contributed by atoms with van der Waals surface area (Å²) in [4.78, 5) is 25.9. The SMILES string of the molecule is Cc1cc(-c2cccc(C(F)(F)F)c2)nc2c1N1CCC(C1)N2C(=O)Nc1ccccn1. The van der Waals surface area contributed by atoms with Gasteiger partial charge >= 0.3 is 12.2 Å². The van der Waals surface area contributed by atoms with Crippen molar-refractivity contribution >= 4 is 23.4 Å². The number of carbonyl (C=O) groups is 1. The predicted octanol–water partition coefficient (Wildman–Crippen LogP) is 5.10. The predicted molar refractivity (Wildman–Crippen MR) is 116 cm³/mol. The summed E-state index contributed by atoms with van der Waals surface area (Å²) in [6, 6.07) is 11.7. The van der Waals surface area contributed by atoms with E-state index in [1.54, 1.807) is 41.4 Å². The molecular formula is C23H20F3N5O. The second kappa shape index (κ2) is 7.51. The summed E-state index contributed by atoms with van der Waals surface area (Å²) in [5.41, 5.74) is 1.71. The zero-order chi connectivity index (χ0) is 22.5. The molecule has 2 amide bonds. The van der Waals surface area contributed by atoms with Gasteiger partial charge in [-0.05, 0) is 49.2 Å². The summed E-state index contributed by atoms with van der Waals surface area (Å²) in [6.07, 6.45) is -2.08. The number of hydrogen-bond donors (Lipinski definition) is 1. The molecule has 0 spiro atoms. The molecule has 0 aliphatic carbocycles. The highest BCUT2D eigenvalue weighted by Gasteiger charge is 2.41. The van der Waals surface area contributed by atoms with Crippen molar-refractivity contribution in [3.8, 4) is 11.3 Å². The van der Waals surface area contributed by atoms with Gasteiger partial charge in [-0.3, -0.25) is 10.2 Å². The quantitative estimate of drug-likeness (QED) is 0.604. The molecule has 3 aromatic rings. The molecule has 2 aromatic heterocycles. The van der Waals surface area contributed by atoms with E-state index in [-0.39, 0.29) is 12.1 Å². The number of nitrogens with one attached hydrogen (secondary N) is 1. The van der Waals surface area contributed by atoms with E-state index in [0.29, 0.717) is 29.4 Å². The highest BCUT2D eigenvalue weighted by atomic mass is 19.4. The van der Waals surface area contributed by atoms with Gasteiger partial charge in [0.1, 0.15) is 5.82 Å². The van der Waals surface area contributed by atoms with Gasteiger partial charge in [0.05, 0.1) is 23.0 Å². The number of nitrogens with zero attached hydrogens (tertiary/aromatic N) is 4. The van der Waals surface area contributed by atoms with Gasteiger partial charge in [0.25, 0.3) is 0 Å². The Bertz CT molecular complexity index is 1180. The lowest BCUT2D eigenvalue weighted by Gasteiger charge is -2.36. The number of aromatic nitrogens is 2. The second-order valence-electron chi connectivity index (χ2n) is 7.98. The lowest BCUT2D eigenvalue weighted by atomic mass is 10.0. The third-order valence-corrected chi connectivity index (χ3v) is 5.84. The normalized spacial score (nSPS) is 17.3. The average Bonchev–Trinajstić information content (AvgIpc) is 3.17. The zero-order valence-electron chi connectivity index (χ0n) is 17.2. The molecule has 32 heavy (non-hydrogen) atoms. The zero-order valence-corrected chi connectivity index (χ0v) is 17.2. The largest absolute Gasteiger partial charge is 0.416 e. The molecule has 1 aromatic carbocycles. The first-order valence-electron chi connectivity index (χ1n) is 10.3. The number of carbonyl (C=O) groups excluding carboxylic acids is 1. The monoisotopic (exact) mass is 439 g/mol. The Kier molecular flexibility index (Phi) is 4.76. The van der Waals surface area contributed by atoms with Crippen LogP contribution in [0.5, 0.6) is 0 Å². The molecule has 1 fully saturated rings. The first kappa shape index (κ1) is 20.3. The standard InChI is InChI=1S/C23H20F3N5O/c1-14-11-18(15-5-4-6-16(12-15)23(24,25)26)28-21-20(14)30-10-8-17(13-30)31(21)22(32)29-19-7-2-3-9-27-19/h2-7,9,11-12,17H,8,10,13H2,1H3,(H,27,29,32).